The molecule has 4 aromatic carbocycles. The minimum atomic E-state index is -0.597. The average molecular weight is 921 g/mol. The van der Waals surface area contributed by atoms with Crippen molar-refractivity contribution < 1.29 is 61.8 Å². The highest BCUT2D eigenvalue weighted by atomic mass is 16.7. The van der Waals surface area contributed by atoms with Gasteiger partial charge >= 0.3 is 23.9 Å². The van der Waals surface area contributed by atoms with Crippen molar-refractivity contribution in [2.24, 2.45) is 10.2 Å². The summed E-state index contributed by atoms with van der Waals surface area (Å²) in [6.07, 6.45) is 13.2. The summed E-state index contributed by atoms with van der Waals surface area (Å²) in [5.41, 5.74) is 1.84. The van der Waals surface area contributed by atoms with Crippen molar-refractivity contribution in [2.45, 2.75) is 64.7 Å². The van der Waals surface area contributed by atoms with Gasteiger partial charge in [0.15, 0.2) is 0 Å². The summed E-state index contributed by atoms with van der Waals surface area (Å²) in [7, 11) is 0. The Hall–Kier alpha value is -7.26. The van der Waals surface area contributed by atoms with Gasteiger partial charge in [-0.3, -0.25) is 0 Å². The fraction of sp³-hybridized carbons (Fsp3) is 0.346. The van der Waals surface area contributed by atoms with E-state index in [0.29, 0.717) is 72.7 Å². The van der Waals surface area contributed by atoms with Crippen molar-refractivity contribution in [1.29, 1.82) is 0 Å². The molecule has 0 heterocycles. The van der Waals surface area contributed by atoms with E-state index in [0.717, 1.165) is 69.9 Å². The molecule has 0 spiro atoms. The fourth-order valence-corrected chi connectivity index (χ4v) is 5.86. The molecule has 4 rings (SSSR count). The maximum Gasteiger partial charge on any atom is 0.343 e. The fourth-order valence-electron chi connectivity index (χ4n) is 5.86. The predicted octanol–water partition coefficient (Wildman–Crippen LogP) is 9.69. The molecule has 0 N–H and O–H groups in total. The van der Waals surface area contributed by atoms with E-state index in [4.69, 9.17) is 42.6 Å². The standard InChI is InChI=1S/C52H60N2O13/c1-4-29-59-34-35-64-52(58)47-36-41(17-28-48(47)66-39-65-45-26-24-44(25-27-45)61-31-12-8-10-14-33-63-50(56)6-3)38-54-53-37-40-15-20-46(21-16-40)67-51(57)42-18-22-43(23-19-42)60-30-11-7-9-13-32-62-49(55)5-2/h5-6,15-28,36-38H,2-4,7-14,29-35,39H2,1H3/b53-37+,54-38+. The van der Waals surface area contributed by atoms with Gasteiger partial charge in [0, 0.05) is 18.8 Å². The second-order valence-electron chi connectivity index (χ2n) is 14.6. The number of hydrogen-bond donors (Lipinski definition) is 0. The molecular formula is C52H60N2O13. The molecule has 0 aromatic heterocycles. The van der Waals surface area contributed by atoms with Crippen LogP contribution in [0.5, 0.6) is 28.7 Å². The number of carbonyl (C=O) groups excluding carboxylic acids is 4. The summed E-state index contributed by atoms with van der Waals surface area (Å²) in [6, 6.07) is 25.6. The highest BCUT2D eigenvalue weighted by Gasteiger charge is 2.16. The van der Waals surface area contributed by atoms with Crippen LogP contribution in [0.15, 0.2) is 127 Å². The van der Waals surface area contributed by atoms with E-state index >= 15 is 0 Å². The molecular weight excluding hydrogens is 861 g/mol. The molecule has 0 aliphatic rings. The maximum atomic E-state index is 13.2. The van der Waals surface area contributed by atoms with E-state index in [1.54, 1.807) is 91.0 Å². The zero-order valence-corrected chi connectivity index (χ0v) is 38.1. The minimum absolute atomic E-state index is 0.0719. The Balaban J connectivity index is 1.22. The molecule has 4 aromatic rings. The first kappa shape index (κ1) is 52.4. The second-order valence-corrected chi connectivity index (χ2v) is 14.6. The third-order valence-electron chi connectivity index (χ3n) is 9.39. The maximum absolute atomic E-state index is 13.2. The molecule has 67 heavy (non-hydrogen) atoms. The highest BCUT2D eigenvalue weighted by molar-refractivity contribution is 5.95. The molecule has 15 heteroatoms. The van der Waals surface area contributed by atoms with Gasteiger partial charge in [-0.25, -0.2) is 19.2 Å². The molecule has 0 saturated heterocycles. The molecule has 0 fully saturated rings. The van der Waals surface area contributed by atoms with E-state index in [1.165, 1.54) is 12.4 Å². The van der Waals surface area contributed by atoms with Gasteiger partial charge in [-0.2, -0.15) is 10.2 Å². The van der Waals surface area contributed by atoms with Gasteiger partial charge in [0.1, 0.15) is 40.9 Å². The van der Waals surface area contributed by atoms with Crippen LogP contribution in [0.25, 0.3) is 0 Å². The van der Waals surface area contributed by atoms with Gasteiger partial charge in [0.25, 0.3) is 0 Å². The number of hydrogen-bond acceptors (Lipinski definition) is 15. The van der Waals surface area contributed by atoms with Gasteiger partial charge in [-0.1, -0.05) is 20.1 Å². The van der Waals surface area contributed by atoms with E-state index in [9.17, 15) is 19.2 Å². The lowest BCUT2D eigenvalue weighted by atomic mass is 10.1. The number of rotatable bonds is 33. The first-order chi connectivity index (χ1) is 32.8. The Morgan fingerprint density at radius 2 is 1.00 bits per heavy atom. The SMILES string of the molecule is C=CC(=O)OCCCCCCOc1ccc(OCOc2ccc(/C=N/N=C/c3ccc(OC(=O)c4ccc(OCCCCCCOC(=O)C=C)cc4)cc3)cc2C(=O)OCCOCCC)cc1. The van der Waals surface area contributed by atoms with Crippen molar-refractivity contribution in [1.82, 2.24) is 0 Å². The first-order valence-corrected chi connectivity index (χ1v) is 22.3. The Bertz CT molecular complexity index is 2190. The zero-order chi connectivity index (χ0) is 47.7. The Morgan fingerprint density at radius 1 is 0.493 bits per heavy atom. The molecule has 0 aliphatic carbocycles. The van der Waals surface area contributed by atoms with Gasteiger partial charge in [0.05, 0.1) is 51.0 Å². The minimum Gasteiger partial charge on any atom is -0.494 e. The monoisotopic (exact) mass is 920 g/mol. The lowest BCUT2D eigenvalue weighted by Gasteiger charge is -2.13. The molecule has 0 unspecified atom stereocenters. The van der Waals surface area contributed by atoms with Crippen LogP contribution in [0.4, 0.5) is 0 Å². The van der Waals surface area contributed by atoms with Crippen molar-refractivity contribution in [3.05, 3.63) is 139 Å². The smallest absolute Gasteiger partial charge is 0.343 e. The summed E-state index contributed by atoms with van der Waals surface area (Å²) >= 11 is 0. The van der Waals surface area contributed by atoms with Crippen LogP contribution < -0.4 is 23.7 Å². The average Bonchev–Trinajstić information content (AvgIpc) is 3.35. The van der Waals surface area contributed by atoms with Gasteiger partial charge < -0.3 is 42.6 Å². The van der Waals surface area contributed by atoms with Crippen LogP contribution >= 0.6 is 0 Å². The molecule has 0 bridgehead atoms. The summed E-state index contributed by atoms with van der Waals surface area (Å²) in [6.45, 7) is 11.3. The van der Waals surface area contributed by atoms with Crippen molar-refractivity contribution in [3.8, 4) is 28.7 Å². The summed E-state index contributed by atoms with van der Waals surface area (Å²) in [5, 5.41) is 8.29. The second kappa shape index (κ2) is 31.6. The Labute approximate surface area is 392 Å². The normalized spacial score (nSPS) is 10.9. The molecule has 0 atom stereocenters. The molecule has 356 valence electrons. The number of ether oxygens (including phenoxy) is 9. The van der Waals surface area contributed by atoms with Crippen LogP contribution in [-0.2, 0) is 28.5 Å². The van der Waals surface area contributed by atoms with E-state index in [-0.39, 0.29) is 31.3 Å². The van der Waals surface area contributed by atoms with Gasteiger partial charge in [0.2, 0.25) is 6.79 Å². The van der Waals surface area contributed by atoms with Crippen LogP contribution in [0.3, 0.4) is 0 Å². The van der Waals surface area contributed by atoms with E-state index < -0.39 is 23.9 Å². The quantitative estimate of drug-likeness (QED) is 0.00646. The Kier molecular flexibility index (Phi) is 24.7. The van der Waals surface area contributed by atoms with E-state index in [1.807, 2.05) is 6.92 Å². The molecule has 15 nitrogen and oxygen atoms in total. The zero-order valence-electron chi connectivity index (χ0n) is 38.1. The summed E-state index contributed by atoms with van der Waals surface area (Å²) < 4.78 is 49.7. The van der Waals surface area contributed by atoms with Crippen LogP contribution in [0.1, 0.15) is 96.6 Å². The first-order valence-electron chi connectivity index (χ1n) is 22.3. The third-order valence-corrected chi connectivity index (χ3v) is 9.39. The molecule has 0 amide bonds. The number of benzene rings is 4. The summed E-state index contributed by atoms with van der Waals surface area (Å²) in [5.74, 6) is 0.597. The number of carbonyl (C=O) groups is 4. The number of nitrogens with zero attached hydrogens (tertiary/aromatic N) is 2. The highest BCUT2D eigenvalue weighted by Crippen LogP contribution is 2.23. The molecule has 0 radical (unpaired) electrons. The lowest BCUT2D eigenvalue weighted by Crippen LogP contribution is -2.14. The topological polar surface area (TPSA) is 176 Å². The largest absolute Gasteiger partial charge is 0.494 e. The van der Waals surface area contributed by atoms with Crippen molar-refractivity contribution in [3.63, 3.8) is 0 Å². The molecule has 0 saturated carbocycles. The number of unbranched alkanes of at least 4 members (excludes halogenated alkanes) is 6. The van der Waals surface area contributed by atoms with Crippen molar-refractivity contribution in [2.75, 3.05) is 53.0 Å². The van der Waals surface area contributed by atoms with Crippen LogP contribution in [0.2, 0.25) is 0 Å². The molecule has 0 aliphatic heterocycles. The van der Waals surface area contributed by atoms with Crippen LogP contribution in [-0.4, -0.2) is 89.3 Å². The van der Waals surface area contributed by atoms with E-state index in [2.05, 4.69) is 23.4 Å². The van der Waals surface area contributed by atoms with Crippen molar-refractivity contribution >= 4 is 36.3 Å². The van der Waals surface area contributed by atoms with Crippen LogP contribution in [0, 0.1) is 0 Å². The predicted molar refractivity (Wildman–Crippen MR) is 254 cm³/mol. The Morgan fingerprint density at radius 3 is 1.57 bits per heavy atom. The van der Waals surface area contributed by atoms with Gasteiger partial charge in [-0.15, -0.1) is 0 Å². The number of esters is 4. The third kappa shape index (κ3) is 21.5. The lowest BCUT2D eigenvalue weighted by molar-refractivity contribution is -0.138. The van der Waals surface area contributed by atoms with Gasteiger partial charge in [-0.05, 0) is 160 Å². The summed E-state index contributed by atoms with van der Waals surface area (Å²) in [4.78, 5) is 48.1.